The molecule has 1 aromatic heterocycles. The summed E-state index contributed by atoms with van der Waals surface area (Å²) in [6.07, 6.45) is 0.0937. The highest BCUT2D eigenvalue weighted by atomic mass is 16.5. The van der Waals surface area contributed by atoms with Crippen LogP contribution in [-0.4, -0.2) is 23.1 Å². The SMILES string of the molecule is Cc1cc(N(C)c2ccccc2)nc(Nc2ccccc2OC(C)C)n1. The van der Waals surface area contributed by atoms with E-state index in [9.17, 15) is 0 Å². The summed E-state index contributed by atoms with van der Waals surface area (Å²) in [4.78, 5) is 11.2. The summed E-state index contributed by atoms with van der Waals surface area (Å²) in [7, 11) is 2.00. The summed E-state index contributed by atoms with van der Waals surface area (Å²) in [6, 6.07) is 19.9. The molecule has 0 saturated carbocycles. The summed E-state index contributed by atoms with van der Waals surface area (Å²) in [5.41, 5.74) is 2.81. The van der Waals surface area contributed by atoms with E-state index in [0.29, 0.717) is 5.95 Å². The number of hydrogen-bond donors (Lipinski definition) is 1. The summed E-state index contributed by atoms with van der Waals surface area (Å²) in [6.45, 7) is 5.98. The number of benzene rings is 2. The molecule has 134 valence electrons. The second-order valence-electron chi connectivity index (χ2n) is 6.37. The number of ether oxygens (including phenoxy) is 1. The molecule has 0 fully saturated rings. The molecule has 0 atom stereocenters. The third-order valence-corrected chi connectivity index (χ3v) is 3.82. The number of hydrogen-bond acceptors (Lipinski definition) is 5. The Balaban J connectivity index is 1.89. The average molecular weight is 348 g/mol. The Morgan fingerprint density at radius 2 is 1.65 bits per heavy atom. The number of nitrogens with one attached hydrogen (secondary N) is 1. The molecule has 1 N–H and O–H groups in total. The van der Waals surface area contributed by atoms with Gasteiger partial charge in [0.1, 0.15) is 11.6 Å². The van der Waals surface area contributed by atoms with Crippen molar-refractivity contribution in [1.82, 2.24) is 9.97 Å². The summed E-state index contributed by atoms with van der Waals surface area (Å²) in [5.74, 6) is 2.15. The van der Waals surface area contributed by atoms with E-state index >= 15 is 0 Å². The minimum Gasteiger partial charge on any atom is -0.489 e. The monoisotopic (exact) mass is 348 g/mol. The smallest absolute Gasteiger partial charge is 0.229 e. The summed E-state index contributed by atoms with van der Waals surface area (Å²) < 4.78 is 5.87. The van der Waals surface area contributed by atoms with Crippen LogP contribution in [0.2, 0.25) is 0 Å². The van der Waals surface area contributed by atoms with Crippen molar-refractivity contribution >= 4 is 23.1 Å². The van der Waals surface area contributed by atoms with Crippen LogP contribution in [0.3, 0.4) is 0 Å². The average Bonchev–Trinajstić information content (AvgIpc) is 2.62. The van der Waals surface area contributed by atoms with Crippen LogP contribution < -0.4 is 15.0 Å². The van der Waals surface area contributed by atoms with Crippen LogP contribution in [0.4, 0.5) is 23.1 Å². The van der Waals surface area contributed by atoms with Crippen molar-refractivity contribution in [3.63, 3.8) is 0 Å². The molecular formula is C21H24N4O. The maximum absolute atomic E-state index is 5.87. The molecule has 0 aliphatic rings. The highest BCUT2D eigenvalue weighted by Crippen LogP contribution is 2.29. The fourth-order valence-electron chi connectivity index (χ4n) is 2.61. The van der Waals surface area contributed by atoms with E-state index in [1.54, 1.807) is 0 Å². The van der Waals surface area contributed by atoms with Crippen LogP contribution in [-0.2, 0) is 0 Å². The standard InChI is InChI=1S/C21H24N4O/c1-15(2)26-19-13-9-8-12-18(19)23-21-22-16(3)14-20(24-21)25(4)17-10-6-5-7-11-17/h5-15H,1-4H3,(H,22,23,24). The molecule has 0 radical (unpaired) electrons. The topological polar surface area (TPSA) is 50.3 Å². The minimum atomic E-state index is 0.0937. The van der Waals surface area contributed by atoms with Crippen LogP contribution in [0.1, 0.15) is 19.5 Å². The zero-order valence-corrected chi connectivity index (χ0v) is 15.6. The van der Waals surface area contributed by atoms with Crippen molar-refractivity contribution in [2.75, 3.05) is 17.3 Å². The number of para-hydroxylation sites is 3. The normalized spacial score (nSPS) is 10.7. The molecule has 0 aliphatic heterocycles. The number of anilines is 4. The Morgan fingerprint density at radius 3 is 2.38 bits per heavy atom. The molecule has 0 aliphatic carbocycles. The molecule has 3 aromatic rings. The molecule has 2 aromatic carbocycles. The fraction of sp³-hybridized carbons (Fsp3) is 0.238. The van der Waals surface area contributed by atoms with Crippen molar-refractivity contribution < 1.29 is 4.74 Å². The Labute approximate surface area is 154 Å². The van der Waals surface area contributed by atoms with Gasteiger partial charge in [-0.15, -0.1) is 0 Å². The highest BCUT2D eigenvalue weighted by Gasteiger charge is 2.11. The summed E-state index contributed by atoms with van der Waals surface area (Å²) in [5, 5.41) is 3.29. The largest absolute Gasteiger partial charge is 0.489 e. The number of aromatic nitrogens is 2. The van der Waals surface area contributed by atoms with Gasteiger partial charge >= 0.3 is 0 Å². The van der Waals surface area contributed by atoms with Crippen LogP contribution >= 0.6 is 0 Å². The molecule has 0 unspecified atom stereocenters. The molecule has 0 bridgehead atoms. The Bertz CT molecular complexity index is 865. The van der Waals surface area contributed by atoms with E-state index < -0.39 is 0 Å². The fourth-order valence-corrected chi connectivity index (χ4v) is 2.61. The van der Waals surface area contributed by atoms with E-state index in [2.05, 4.69) is 27.4 Å². The van der Waals surface area contributed by atoms with Gasteiger partial charge in [0.05, 0.1) is 11.8 Å². The van der Waals surface area contributed by atoms with E-state index in [1.807, 2.05) is 81.2 Å². The lowest BCUT2D eigenvalue weighted by Crippen LogP contribution is -2.13. The molecule has 0 amide bonds. The maximum atomic E-state index is 5.87. The number of rotatable bonds is 6. The second kappa shape index (κ2) is 7.87. The summed E-state index contributed by atoms with van der Waals surface area (Å²) >= 11 is 0. The first kappa shape index (κ1) is 17.7. The second-order valence-corrected chi connectivity index (χ2v) is 6.37. The predicted molar refractivity (Wildman–Crippen MR) is 107 cm³/mol. The zero-order chi connectivity index (χ0) is 18.5. The molecular weight excluding hydrogens is 324 g/mol. The lowest BCUT2D eigenvalue weighted by molar-refractivity contribution is 0.244. The van der Waals surface area contributed by atoms with Crippen LogP contribution in [0.25, 0.3) is 0 Å². The van der Waals surface area contributed by atoms with Crippen LogP contribution in [0.15, 0.2) is 60.7 Å². The molecule has 0 spiro atoms. The van der Waals surface area contributed by atoms with Gasteiger partial charge in [-0.3, -0.25) is 0 Å². The third kappa shape index (κ3) is 4.30. The number of nitrogens with zero attached hydrogens (tertiary/aromatic N) is 3. The van der Waals surface area contributed by atoms with Crippen molar-refractivity contribution in [3.8, 4) is 5.75 Å². The first-order valence-corrected chi connectivity index (χ1v) is 8.70. The van der Waals surface area contributed by atoms with Gasteiger partial charge in [0.2, 0.25) is 5.95 Å². The Kier molecular flexibility index (Phi) is 5.37. The lowest BCUT2D eigenvalue weighted by Gasteiger charge is -2.20. The van der Waals surface area contributed by atoms with E-state index in [-0.39, 0.29) is 6.10 Å². The van der Waals surface area contributed by atoms with Gasteiger partial charge < -0.3 is 15.0 Å². The molecule has 3 rings (SSSR count). The highest BCUT2D eigenvalue weighted by molar-refractivity contribution is 5.65. The van der Waals surface area contributed by atoms with Gasteiger partial charge in [0, 0.05) is 24.5 Å². The minimum absolute atomic E-state index is 0.0937. The zero-order valence-electron chi connectivity index (χ0n) is 15.6. The van der Waals surface area contributed by atoms with Gasteiger partial charge in [-0.25, -0.2) is 4.98 Å². The first-order valence-electron chi connectivity index (χ1n) is 8.70. The van der Waals surface area contributed by atoms with Crippen molar-refractivity contribution in [3.05, 3.63) is 66.4 Å². The van der Waals surface area contributed by atoms with Crippen LogP contribution in [0, 0.1) is 6.92 Å². The van der Waals surface area contributed by atoms with E-state index in [0.717, 1.165) is 28.6 Å². The quantitative estimate of drug-likeness (QED) is 0.673. The van der Waals surface area contributed by atoms with E-state index in [4.69, 9.17) is 4.74 Å². The Hall–Kier alpha value is -3.08. The molecule has 5 heteroatoms. The number of aryl methyl sites for hydroxylation is 1. The van der Waals surface area contributed by atoms with Gasteiger partial charge in [-0.1, -0.05) is 30.3 Å². The molecule has 5 nitrogen and oxygen atoms in total. The van der Waals surface area contributed by atoms with Crippen molar-refractivity contribution in [1.29, 1.82) is 0 Å². The third-order valence-electron chi connectivity index (χ3n) is 3.82. The maximum Gasteiger partial charge on any atom is 0.229 e. The van der Waals surface area contributed by atoms with Crippen LogP contribution in [0.5, 0.6) is 5.75 Å². The Morgan fingerprint density at radius 1 is 0.962 bits per heavy atom. The van der Waals surface area contributed by atoms with Gasteiger partial charge in [0.15, 0.2) is 0 Å². The van der Waals surface area contributed by atoms with Gasteiger partial charge in [-0.05, 0) is 45.0 Å². The van der Waals surface area contributed by atoms with Crippen molar-refractivity contribution in [2.24, 2.45) is 0 Å². The first-order chi connectivity index (χ1) is 12.5. The molecule has 0 saturated heterocycles. The van der Waals surface area contributed by atoms with Gasteiger partial charge in [0.25, 0.3) is 0 Å². The van der Waals surface area contributed by atoms with E-state index in [1.165, 1.54) is 0 Å². The van der Waals surface area contributed by atoms with Gasteiger partial charge in [-0.2, -0.15) is 4.98 Å². The predicted octanol–water partition coefficient (Wildman–Crippen LogP) is 5.08. The lowest BCUT2D eigenvalue weighted by atomic mass is 10.3. The van der Waals surface area contributed by atoms with Crippen molar-refractivity contribution in [2.45, 2.75) is 26.9 Å². The molecule has 26 heavy (non-hydrogen) atoms. The molecule has 1 heterocycles.